The summed E-state index contributed by atoms with van der Waals surface area (Å²) in [4.78, 5) is 11.6. The van der Waals surface area contributed by atoms with Gasteiger partial charge in [0.25, 0.3) is 5.91 Å². The van der Waals surface area contributed by atoms with Gasteiger partial charge in [0, 0.05) is 10.9 Å². The number of carbonyl (C=O) groups is 1. The summed E-state index contributed by atoms with van der Waals surface area (Å²) in [5, 5.41) is 1.04. The Morgan fingerprint density at radius 3 is 2.82 bits per heavy atom. The summed E-state index contributed by atoms with van der Waals surface area (Å²) in [7, 11) is 0. The summed E-state index contributed by atoms with van der Waals surface area (Å²) in [5.41, 5.74) is 7.03. The fraction of sp³-hybridized carbons (Fsp3) is 0.308. The maximum atomic E-state index is 11.5. The molecule has 1 aromatic carbocycles. The van der Waals surface area contributed by atoms with Crippen LogP contribution in [0.25, 0.3) is 10.9 Å². The van der Waals surface area contributed by atoms with E-state index in [0.717, 1.165) is 23.7 Å². The first-order valence-corrected chi connectivity index (χ1v) is 6.60. The number of nitrogens with zero attached hydrogens (tertiary/aromatic N) is 1. The van der Waals surface area contributed by atoms with Crippen molar-refractivity contribution in [1.29, 1.82) is 0 Å². The van der Waals surface area contributed by atoms with Crippen molar-refractivity contribution in [3.8, 4) is 0 Å². The molecule has 90 valence electrons. The van der Waals surface area contributed by atoms with Crippen molar-refractivity contribution in [2.75, 3.05) is 0 Å². The highest BCUT2D eigenvalue weighted by Crippen LogP contribution is 2.30. The molecule has 17 heavy (non-hydrogen) atoms. The normalized spacial score (nSPS) is 12.8. The quantitative estimate of drug-likeness (QED) is 0.863. The zero-order chi connectivity index (χ0) is 12.4. The van der Waals surface area contributed by atoms with Gasteiger partial charge in [0.1, 0.15) is 5.69 Å². The topological polar surface area (TPSA) is 48.0 Å². The molecule has 0 aliphatic rings. The van der Waals surface area contributed by atoms with E-state index in [1.807, 2.05) is 34.9 Å². The van der Waals surface area contributed by atoms with Crippen LogP contribution in [0.2, 0.25) is 0 Å². The van der Waals surface area contributed by atoms with Crippen LogP contribution in [0.4, 0.5) is 0 Å². The molecule has 1 aromatic heterocycles. The smallest absolute Gasteiger partial charge is 0.265 e. The number of aromatic nitrogens is 1. The van der Waals surface area contributed by atoms with Gasteiger partial charge in [0.05, 0.1) is 4.95 Å². The van der Waals surface area contributed by atoms with E-state index in [1.54, 1.807) is 0 Å². The van der Waals surface area contributed by atoms with Gasteiger partial charge in [-0.05, 0) is 18.6 Å². The predicted molar refractivity (Wildman–Crippen MR) is 73.3 cm³/mol. The van der Waals surface area contributed by atoms with Crippen LogP contribution in [0.15, 0.2) is 30.3 Å². The van der Waals surface area contributed by atoms with E-state index in [4.69, 9.17) is 5.73 Å². The average molecular weight is 295 g/mol. The van der Waals surface area contributed by atoms with Crippen LogP contribution in [0.5, 0.6) is 0 Å². The summed E-state index contributed by atoms with van der Waals surface area (Å²) < 4.78 is 1.97. The van der Waals surface area contributed by atoms with Crippen LogP contribution in [0.1, 0.15) is 35.2 Å². The van der Waals surface area contributed by atoms with Crippen molar-refractivity contribution in [3.63, 3.8) is 0 Å². The monoisotopic (exact) mass is 294 g/mol. The van der Waals surface area contributed by atoms with E-state index in [1.165, 1.54) is 0 Å². The van der Waals surface area contributed by atoms with Gasteiger partial charge in [-0.15, -0.1) is 0 Å². The molecule has 3 nitrogen and oxygen atoms in total. The number of nitrogens with two attached hydrogens (primary N) is 1. The molecule has 0 fully saturated rings. The number of hydrogen-bond donors (Lipinski definition) is 1. The van der Waals surface area contributed by atoms with Gasteiger partial charge in [-0.1, -0.05) is 47.5 Å². The molecule has 0 aliphatic heterocycles. The fourth-order valence-electron chi connectivity index (χ4n) is 2.03. The number of primary amides is 1. The summed E-state index contributed by atoms with van der Waals surface area (Å²) in [5.74, 6) is -0.387. The number of benzene rings is 1. The molecule has 2 rings (SSSR count). The Bertz CT molecular complexity index is 547. The van der Waals surface area contributed by atoms with Gasteiger partial charge in [0.15, 0.2) is 0 Å². The molecule has 1 unspecified atom stereocenters. The molecule has 2 N–H and O–H groups in total. The Labute approximate surface area is 109 Å². The molecule has 2 aromatic rings. The van der Waals surface area contributed by atoms with Crippen LogP contribution in [-0.4, -0.2) is 10.5 Å². The molecular weight excluding hydrogens is 280 g/mol. The minimum absolute atomic E-state index is 0.106. The first-order valence-electron chi connectivity index (χ1n) is 5.69. The summed E-state index contributed by atoms with van der Waals surface area (Å²) in [6.45, 7) is 2.11. The van der Waals surface area contributed by atoms with Gasteiger partial charge in [-0.2, -0.15) is 0 Å². The lowest BCUT2D eigenvalue weighted by molar-refractivity contribution is 0.0991. The number of carbonyl (C=O) groups excluding carboxylic acids is 1. The Balaban J connectivity index is 2.63. The zero-order valence-electron chi connectivity index (χ0n) is 9.69. The Morgan fingerprint density at radius 2 is 2.18 bits per heavy atom. The van der Waals surface area contributed by atoms with Crippen molar-refractivity contribution >= 4 is 32.7 Å². The maximum absolute atomic E-state index is 11.5. The number of rotatable bonds is 4. The lowest BCUT2D eigenvalue weighted by atomic mass is 10.2. The fourth-order valence-corrected chi connectivity index (χ4v) is 2.93. The molecular formula is C13H15BrN2O. The summed E-state index contributed by atoms with van der Waals surface area (Å²) in [6.07, 6.45) is 2.00. The highest BCUT2D eigenvalue weighted by atomic mass is 79.9. The van der Waals surface area contributed by atoms with Crippen LogP contribution < -0.4 is 5.73 Å². The number of fused-ring (bicyclic) bond motifs is 1. The summed E-state index contributed by atoms with van der Waals surface area (Å²) >= 11 is 3.62. The SMILES string of the molecule is CCCC(Br)n1c(C(N)=O)cc2ccccc21. The highest BCUT2D eigenvalue weighted by Gasteiger charge is 2.17. The number of alkyl halides is 1. The third kappa shape index (κ3) is 2.22. The second kappa shape index (κ2) is 4.92. The minimum atomic E-state index is -0.387. The van der Waals surface area contributed by atoms with E-state index < -0.39 is 0 Å². The first-order chi connectivity index (χ1) is 8.15. The van der Waals surface area contributed by atoms with Crippen molar-refractivity contribution in [2.24, 2.45) is 5.73 Å². The Kier molecular flexibility index (Phi) is 3.52. The number of hydrogen-bond acceptors (Lipinski definition) is 1. The molecule has 1 heterocycles. The highest BCUT2D eigenvalue weighted by molar-refractivity contribution is 9.09. The van der Waals surface area contributed by atoms with Crippen molar-refractivity contribution in [2.45, 2.75) is 24.7 Å². The minimum Gasteiger partial charge on any atom is -0.364 e. The second-order valence-electron chi connectivity index (χ2n) is 4.05. The molecule has 0 saturated heterocycles. The molecule has 0 spiro atoms. The Hall–Kier alpha value is -1.29. The molecule has 4 heteroatoms. The largest absolute Gasteiger partial charge is 0.364 e. The van der Waals surface area contributed by atoms with Crippen LogP contribution in [0, 0.1) is 0 Å². The zero-order valence-corrected chi connectivity index (χ0v) is 11.3. The standard InChI is InChI=1S/C13H15BrN2O/c1-2-5-12(14)16-10-7-4-3-6-9(10)8-11(16)13(15)17/h3-4,6-8,12H,2,5H2,1H3,(H2,15,17). The van der Waals surface area contributed by atoms with Crippen molar-refractivity contribution in [1.82, 2.24) is 4.57 Å². The number of amides is 1. The third-order valence-electron chi connectivity index (χ3n) is 2.81. The molecule has 0 radical (unpaired) electrons. The number of para-hydroxylation sites is 1. The maximum Gasteiger partial charge on any atom is 0.265 e. The van der Waals surface area contributed by atoms with E-state index in [9.17, 15) is 4.79 Å². The first kappa shape index (κ1) is 12.2. The molecule has 0 saturated carbocycles. The predicted octanol–water partition coefficient (Wildman–Crippen LogP) is 3.43. The van der Waals surface area contributed by atoms with E-state index in [0.29, 0.717) is 5.69 Å². The lowest BCUT2D eigenvalue weighted by Crippen LogP contribution is -2.18. The van der Waals surface area contributed by atoms with E-state index >= 15 is 0 Å². The van der Waals surface area contributed by atoms with E-state index in [-0.39, 0.29) is 10.9 Å². The van der Waals surface area contributed by atoms with Crippen LogP contribution in [0.3, 0.4) is 0 Å². The molecule has 1 atom stereocenters. The molecule has 1 amide bonds. The summed E-state index contributed by atoms with van der Waals surface area (Å²) in [6, 6.07) is 9.77. The molecule has 0 bridgehead atoms. The second-order valence-corrected chi connectivity index (χ2v) is 5.10. The van der Waals surface area contributed by atoms with Crippen LogP contribution in [-0.2, 0) is 0 Å². The van der Waals surface area contributed by atoms with Gasteiger partial charge >= 0.3 is 0 Å². The van der Waals surface area contributed by atoms with E-state index in [2.05, 4.69) is 22.9 Å². The third-order valence-corrected chi connectivity index (χ3v) is 3.67. The van der Waals surface area contributed by atoms with Crippen molar-refractivity contribution < 1.29 is 4.79 Å². The van der Waals surface area contributed by atoms with Gasteiger partial charge in [-0.25, -0.2) is 0 Å². The van der Waals surface area contributed by atoms with Crippen molar-refractivity contribution in [3.05, 3.63) is 36.0 Å². The van der Waals surface area contributed by atoms with Gasteiger partial charge in [0.2, 0.25) is 0 Å². The molecule has 0 aliphatic carbocycles. The average Bonchev–Trinajstić information content (AvgIpc) is 2.68. The van der Waals surface area contributed by atoms with Gasteiger partial charge in [-0.3, -0.25) is 4.79 Å². The number of halogens is 1. The van der Waals surface area contributed by atoms with Gasteiger partial charge < -0.3 is 10.3 Å². The Morgan fingerprint density at radius 1 is 1.47 bits per heavy atom. The van der Waals surface area contributed by atoms with Crippen LogP contribution >= 0.6 is 15.9 Å². The lowest BCUT2D eigenvalue weighted by Gasteiger charge is -2.15.